The van der Waals surface area contributed by atoms with Crippen molar-refractivity contribution in [2.75, 3.05) is 18.6 Å². The van der Waals surface area contributed by atoms with Gasteiger partial charge in [0.1, 0.15) is 12.4 Å². The standard InChI is InChI=1S/C12H13BrN2O2S3/c1-18-11-14-15-12(20-11)19-7-9(16)6-17-10-4-2-3-8(13)5-10/h2-5,9,16H,6-7H2,1H3. The van der Waals surface area contributed by atoms with Crippen LogP contribution < -0.4 is 4.74 Å². The fourth-order valence-corrected chi connectivity index (χ4v) is 4.05. The van der Waals surface area contributed by atoms with Gasteiger partial charge >= 0.3 is 0 Å². The molecule has 0 aliphatic rings. The largest absolute Gasteiger partial charge is 0.491 e. The molecule has 0 aliphatic carbocycles. The van der Waals surface area contributed by atoms with Gasteiger partial charge in [-0.15, -0.1) is 10.2 Å². The van der Waals surface area contributed by atoms with Crippen molar-refractivity contribution in [3.8, 4) is 5.75 Å². The summed E-state index contributed by atoms with van der Waals surface area (Å²) in [5.41, 5.74) is 0. The molecule has 1 aromatic carbocycles. The highest BCUT2D eigenvalue weighted by Gasteiger charge is 2.10. The second kappa shape index (κ2) is 8.23. The highest BCUT2D eigenvalue weighted by atomic mass is 79.9. The lowest BCUT2D eigenvalue weighted by Gasteiger charge is -2.11. The molecule has 2 rings (SSSR count). The third-order valence-electron chi connectivity index (χ3n) is 2.20. The first-order valence-electron chi connectivity index (χ1n) is 5.74. The zero-order valence-corrected chi connectivity index (χ0v) is 14.7. The normalized spacial score (nSPS) is 12.3. The third-order valence-corrected chi connectivity index (χ3v) is 5.87. The predicted molar refractivity (Wildman–Crippen MR) is 88.1 cm³/mol. The summed E-state index contributed by atoms with van der Waals surface area (Å²) < 4.78 is 8.30. The van der Waals surface area contributed by atoms with Crippen LogP contribution in [0.5, 0.6) is 5.75 Å². The summed E-state index contributed by atoms with van der Waals surface area (Å²) in [5.74, 6) is 1.28. The lowest BCUT2D eigenvalue weighted by Crippen LogP contribution is -2.20. The Kier molecular flexibility index (Phi) is 6.63. The van der Waals surface area contributed by atoms with Gasteiger partial charge in [-0.1, -0.05) is 56.9 Å². The Morgan fingerprint density at radius 2 is 2.20 bits per heavy atom. The van der Waals surface area contributed by atoms with E-state index < -0.39 is 6.10 Å². The first-order chi connectivity index (χ1) is 9.67. The number of hydrogen-bond donors (Lipinski definition) is 1. The Hall–Kier alpha value is -0.280. The van der Waals surface area contributed by atoms with Crippen molar-refractivity contribution in [1.82, 2.24) is 10.2 Å². The average molecular weight is 393 g/mol. The number of benzene rings is 1. The number of aliphatic hydroxyl groups is 1. The summed E-state index contributed by atoms with van der Waals surface area (Å²) in [6.45, 7) is 0.262. The van der Waals surface area contributed by atoms with E-state index in [1.165, 1.54) is 23.1 Å². The molecule has 1 N–H and O–H groups in total. The zero-order chi connectivity index (χ0) is 14.4. The number of rotatable bonds is 7. The minimum atomic E-state index is -0.541. The van der Waals surface area contributed by atoms with Crippen LogP contribution in [0.1, 0.15) is 0 Å². The first kappa shape index (κ1) is 16.1. The van der Waals surface area contributed by atoms with Crippen molar-refractivity contribution in [3.05, 3.63) is 28.7 Å². The fraction of sp³-hybridized carbons (Fsp3) is 0.333. The van der Waals surface area contributed by atoms with E-state index in [0.717, 1.165) is 18.9 Å². The quantitative estimate of drug-likeness (QED) is 0.726. The summed E-state index contributed by atoms with van der Waals surface area (Å²) in [5, 5.41) is 17.9. The van der Waals surface area contributed by atoms with E-state index in [1.807, 2.05) is 30.5 Å². The van der Waals surface area contributed by atoms with E-state index in [4.69, 9.17) is 4.74 Å². The van der Waals surface area contributed by atoms with Crippen LogP contribution in [0.2, 0.25) is 0 Å². The van der Waals surface area contributed by atoms with E-state index >= 15 is 0 Å². The molecule has 0 bridgehead atoms. The summed E-state index contributed by atoms with van der Waals surface area (Å²) in [7, 11) is 0. The van der Waals surface area contributed by atoms with Crippen LogP contribution in [-0.4, -0.2) is 40.0 Å². The molecule has 1 atom stereocenters. The number of aliphatic hydroxyl groups excluding tert-OH is 1. The van der Waals surface area contributed by atoms with Crippen molar-refractivity contribution in [2.24, 2.45) is 0 Å². The molecule has 0 aliphatic heterocycles. The van der Waals surface area contributed by atoms with Crippen LogP contribution in [-0.2, 0) is 0 Å². The number of thioether (sulfide) groups is 2. The van der Waals surface area contributed by atoms with Crippen LogP contribution >= 0.6 is 50.8 Å². The molecule has 1 heterocycles. The van der Waals surface area contributed by atoms with Gasteiger partial charge in [0.25, 0.3) is 0 Å². The SMILES string of the molecule is CSc1nnc(SCC(O)COc2cccc(Br)c2)s1. The summed E-state index contributed by atoms with van der Waals surface area (Å²) >= 11 is 7.98. The van der Waals surface area contributed by atoms with Crippen LogP contribution in [0.4, 0.5) is 0 Å². The maximum atomic E-state index is 9.90. The van der Waals surface area contributed by atoms with Crippen molar-refractivity contribution < 1.29 is 9.84 Å². The second-order valence-electron chi connectivity index (χ2n) is 3.77. The van der Waals surface area contributed by atoms with E-state index in [-0.39, 0.29) is 6.61 Å². The van der Waals surface area contributed by atoms with E-state index in [9.17, 15) is 5.11 Å². The maximum absolute atomic E-state index is 9.90. The van der Waals surface area contributed by atoms with Crippen molar-refractivity contribution >= 4 is 50.8 Å². The highest BCUT2D eigenvalue weighted by Crippen LogP contribution is 2.27. The summed E-state index contributed by atoms with van der Waals surface area (Å²) in [6, 6.07) is 7.55. The lowest BCUT2D eigenvalue weighted by atomic mass is 10.3. The minimum absolute atomic E-state index is 0.262. The van der Waals surface area contributed by atoms with Crippen molar-refractivity contribution in [3.63, 3.8) is 0 Å². The Morgan fingerprint density at radius 3 is 2.90 bits per heavy atom. The molecule has 0 radical (unpaired) electrons. The predicted octanol–water partition coefficient (Wildman–Crippen LogP) is 3.55. The molecule has 2 aromatic rings. The highest BCUT2D eigenvalue weighted by molar-refractivity contribution is 9.10. The molecular weight excluding hydrogens is 380 g/mol. The molecule has 0 fully saturated rings. The number of ether oxygens (including phenoxy) is 1. The third kappa shape index (κ3) is 5.25. The number of aromatic nitrogens is 2. The maximum Gasteiger partial charge on any atom is 0.175 e. The van der Waals surface area contributed by atoms with E-state index in [2.05, 4.69) is 26.1 Å². The molecule has 20 heavy (non-hydrogen) atoms. The van der Waals surface area contributed by atoms with Gasteiger partial charge in [-0.05, 0) is 24.5 Å². The van der Waals surface area contributed by atoms with Crippen LogP contribution in [0.15, 0.2) is 37.4 Å². The molecule has 1 unspecified atom stereocenters. The summed E-state index contributed by atoms with van der Waals surface area (Å²) in [6.07, 6.45) is 1.43. The Bertz CT molecular complexity index is 553. The summed E-state index contributed by atoms with van der Waals surface area (Å²) in [4.78, 5) is 0. The molecular formula is C12H13BrN2O2S3. The fourth-order valence-electron chi connectivity index (χ4n) is 1.30. The number of halogens is 1. The molecule has 0 amide bonds. The van der Waals surface area contributed by atoms with Gasteiger partial charge in [0.05, 0.1) is 6.10 Å². The van der Waals surface area contributed by atoms with Gasteiger partial charge in [0.15, 0.2) is 8.68 Å². The van der Waals surface area contributed by atoms with Gasteiger partial charge in [-0.3, -0.25) is 0 Å². The molecule has 4 nitrogen and oxygen atoms in total. The zero-order valence-electron chi connectivity index (χ0n) is 10.7. The van der Waals surface area contributed by atoms with Gasteiger partial charge in [-0.2, -0.15) is 0 Å². The van der Waals surface area contributed by atoms with Crippen molar-refractivity contribution in [2.45, 2.75) is 14.8 Å². The Morgan fingerprint density at radius 1 is 1.40 bits per heavy atom. The Balaban J connectivity index is 1.73. The molecule has 108 valence electrons. The van der Waals surface area contributed by atoms with Crippen LogP contribution in [0.25, 0.3) is 0 Å². The first-order valence-corrected chi connectivity index (χ1v) is 9.56. The second-order valence-corrected chi connectivity index (χ2v) is 7.98. The van der Waals surface area contributed by atoms with E-state index in [1.54, 1.807) is 11.8 Å². The van der Waals surface area contributed by atoms with E-state index in [0.29, 0.717) is 5.75 Å². The molecule has 0 saturated carbocycles. The van der Waals surface area contributed by atoms with Crippen LogP contribution in [0.3, 0.4) is 0 Å². The average Bonchev–Trinajstić information content (AvgIpc) is 2.91. The molecule has 0 spiro atoms. The van der Waals surface area contributed by atoms with Gasteiger partial charge in [0, 0.05) is 10.2 Å². The Labute approximate surface area is 138 Å². The van der Waals surface area contributed by atoms with Crippen molar-refractivity contribution in [1.29, 1.82) is 0 Å². The van der Waals surface area contributed by atoms with Gasteiger partial charge in [-0.25, -0.2) is 0 Å². The van der Waals surface area contributed by atoms with Crippen LogP contribution in [0, 0.1) is 0 Å². The molecule has 1 aromatic heterocycles. The lowest BCUT2D eigenvalue weighted by molar-refractivity contribution is 0.126. The number of hydrogen-bond acceptors (Lipinski definition) is 7. The molecule has 8 heteroatoms. The molecule has 0 saturated heterocycles. The number of nitrogens with zero attached hydrogens (tertiary/aromatic N) is 2. The van der Waals surface area contributed by atoms with Gasteiger partial charge in [0.2, 0.25) is 0 Å². The monoisotopic (exact) mass is 392 g/mol. The smallest absolute Gasteiger partial charge is 0.175 e. The minimum Gasteiger partial charge on any atom is -0.491 e. The topological polar surface area (TPSA) is 55.2 Å². The van der Waals surface area contributed by atoms with Gasteiger partial charge < -0.3 is 9.84 Å².